The van der Waals surface area contributed by atoms with Crippen LogP contribution in [0.5, 0.6) is 0 Å². The third-order valence-electron chi connectivity index (χ3n) is 3.41. The fraction of sp³-hybridized carbons (Fsp3) is 0.867. The number of rotatable bonds is 10. The SMILES string of the molecule is CCCCN(CCCC)C(=O)C(CC(C)C=O)C(F)(F)F. The molecule has 3 nitrogen and oxygen atoms in total. The number of hydrogen-bond acceptors (Lipinski definition) is 2. The average molecular weight is 309 g/mol. The molecule has 0 saturated heterocycles. The molecule has 6 heteroatoms. The molecule has 0 aliphatic carbocycles. The smallest absolute Gasteiger partial charge is 0.342 e. The Morgan fingerprint density at radius 2 is 1.62 bits per heavy atom. The maximum absolute atomic E-state index is 13.1. The Hall–Kier alpha value is -1.07. The number of carbonyl (C=O) groups excluding carboxylic acids is 2. The van der Waals surface area contributed by atoms with Gasteiger partial charge >= 0.3 is 6.18 Å². The quantitative estimate of drug-likeness (QED) is 0.575. The van der Waals surface area contributed by atoms with Crippen molar-refractivity contribution in [1.82, 2.24) is 4.90 Å². The van der Waals surface area contributed by atoms with Gasteiger partial charge in [0.25, 0.3) is 0 Å². The van der Waals surface area contributed by atoms with E-state index in [4.69, 9.17) is 0 Å². The minimum absolute atomic E-state index is 0.345. The van der Waals surface area contributed by atoms with Crippen molar-refractivity contribution in [2.45, 2.75) is 59.1 Å². The Bertz CT molecular complexity index is 311. The molecule has 124 valence electrons. The molecule has 0 aromatic carbocycles. The van der Waals surface area contributed by atoms with E-state index >= 15 is 0 Å². The van der Waals surface area contributed by atoms with Crippen LogP contribution in [0.25, 0.3) is 0 Å². The van der Waals surface area contributed by atoms with E-state index in [1.54, 1.807) is 0 Å². The summed E-state index contributed by atoms with van der Waals surface area (Å²) in [5.74, 6) is -3.75. The summed E-state index contributed by atoms with van der Waals surface area (Å²) < 4.78 is 39.3. The van der Waals surface area contributed by atoms with Crippen molar-refractivity contribution in [3.63, 3.8) is 0 Å². The van der Waals surface area contributed by atoms with Crippen LogP contribution in [-0.2, 0) is 9.59 Å². The highest BCUT2D eigenvalue weighted by molar-refractivity contribution is 5.80. The third-order valence-corrected chi connectivity index (χ3v) is 3.41. The van der Waals surface area contributed by atoms with Gasteiger partial charge in [-0.05, 0) is 19.3 Å². The fourth-order valence-electron chi connectivity index (χ4n) is 2.05. The molecule has 0 bridgehead atoms. The van der Waals surface area contributed by atoms with Gasteiger partial charge in [0.15, 0.2) is 0 Å². The van der Waals surface area contributed by atoms with Gasteiger partial charge in [0.1, 0.15) is 12.2 Å². The highest BCUT2D eigenvalue weighted by Gasteiger charge is 2.46. The summed E-state index contributed by atoms with van der Waals surface area (Å²) in [4.78, 5) is 24.2. The van der Waals surface area contributed by atoms with Crippen molar-refractivity contribution < 1.29 is 22.8 Å². The van der Waals surface area contributed by atoms with Crippen LogP contribution < -0.4 is 0 Å². The first-order valence-corrected chi connectivity index (χ1v) is 7.58. The molecular formula is C15H26F3NO2. The van der Waals surface area contributed by atoms with Crippen LogP contribution in [-0.4, -0.2) is 36.4 Å². The third kappa shape index (κ3) is 7.48. The van der Waals surface area contributed by atoms with Crippen LogP contribution in [0, 0.1) is 11.8 Å². The molecule has 0 N–H and O–H groups in total. The predicted octanol–water partition coefficient (Wildman–Crippen LogP) is 3.82. The van der Waals surface area contributed by atoms with Crippen molar-refractivity contribution in [3.05, 3.63) is 0 Å². The Morgan fingerprint density at radius 1 is 1.14 bits per heavy atom. The lowest BCUT2D eigenvalue weighted by atomic mass is 9.94. The lowest BCUT2D eigenvalue weighted by molar-refractivity contribution is -0.192. The number of carbonyl (C=O) groups is 2. The van der Waals surface area contributed by atoms with Gasteiger partial charge in [0.05, 0.1) is 0 Å². The molecule has 0 aromatic rings. The van der Waals surface area contributed by atoms with Crippen LogP contribution in [0.15, 0.2) is 0 Å². The van der Waals surface area contributed by atoms with Crippen LogP contribution in [0.3, 0.4) is 0 Å². The Balaban J connectivity index is 5.03. The summed E-state index contributed by atoms with van der Waals surface area (Å²) in [6.07, 6.45) is -1.61. The number of amides is 1. The average Bonchev–Trinajstić information content (AvgIpc) is 2.42. The van der Waals surface area contributed by atoms with Crippen molar-refractivity contribution in [1.29, 1.82) is 0 Å². The number of hydrogen-bond donors (Lipinski definition) is 0. The van der Waals surface area contributed by atoms with Crippen LogP contribution in [0.1, 0.15) is 52.9 Å². The molecule has 0 rings (SSSR count). The first-order valence-electron chi connectivity index (χ1n) is 7.58. The molecule has 2 atom stereocenters. The van der Waals surface area contributed by atoms with Crippen molar-refractivity contribution in [3.8, 4) is 0 Å². The van der Waals surface area contributed by atoms with Crippen LogP contribution in [0.2, 0.25) is 0 Å². The monoisotopic (exact) mass is 309 g/mol. The lowest BCUT2D eigenvalue weighted by Crippen LogP contribution is -2.44. The highest BCUT2D eigenvalue weighted by Crippen LogP contribution is 2.32. The fourth-order valence-corrected chi connectivity index (χ4v) is 2.05. The Morgan fingerprint density at radius 3 is 1.95 bits per heavy atom. The Labute approximate surface area is 124 Å². The summed E-state index contributed by atoms with van der Waals surface area (Å²) in [5.41, 5.74) is 0. The zero-order chi connectivity index (χ0) is 16.5. The van der Waals surface area contributed by atoms with Gasteiger partial charge in [-0.15, -0.1) is 0 Å². The van der Waals surface area contributed by atoms with Gasteiger partial charge in [-0.3, -0.25) is 4.79 Å². The molecule has 0 fully saturated rings. The molecule has 0 saturated carbocycles. The van der Waals surface area contributed by atoms with Gasteiger partial charge in [-0.25, -0.2) is 0 Å². The molecule has 21 heavy (non-hydrogen) atoms. The molecule has 0 aliphatic heterocycles. The topological polar surface area (TPSA) is 37.4 Å². The van der Waals surface area contributed by atoms with Crippen molar-refractivity contribution in [2.75, 3.05) is 13.1 Å². The second-order valence-electron chi connectivity index (χ2n) is 5.48. The number of nitrogens with zero attached hydrogens (tertiary/aromatic N) is 1. The zero-order valence-electron chi connectivity index (χ0n) is 13.1. The normalized spacial score (nSPS) is 14.6. The number of halogens is 3. The molecular weight excluding hydrogens is 283 g/mol. The lowest BCUT2D eigenvalue weighted by Gasteiger charge is -2.29. The Kier molecular flexibility index (Phi) is 9.29. The minimum atomic E-state index is -4.61. The molecule has 0 spiro atoms. The molecule has 0 radical (unpaired) electrons. The summed E-state index contributed by atoms with van der Waals surface area (Å²) in [6.45, 7) is 5.95. The van der Waals surface area contributed by atoms with Crippen LogP contribution in [0.4, 0.5) is 13.2 Å². The first kappa shape index (κ1) is 19.9. The second-order valence-corrected chi connectivity index (χ2v) is 5.48. The zero-order valence-corrected chi connectivity index (χ0v) is 13.1. The highest BCUT2D eigenvalue weighted by atomic mass is 19.4. The molecule has 0 heterocycles. The van der Waals surface area contributed by atoms with E-state index in [-0.39, 0.29) is 0 Å². The molecule has 1 amide bonds. The maximum Gasteiger partial charge on any atom is 0.400 e. The summed E-state index contributed by atoms with van der Waals surface area (Å²) in [6, 6.07) is 0. The van der Waals surface area contributed by atoms with Gasteiger partial charge in [0.2, 0.25) is 5.91 Å². The van der Waals surface area contributed by atoms with E-state index in [1.807, 2.05) is 13.8 Å². The predicted molar refractivity (Wildman–Crippen MR) is 75.8 cm³/mol. The molecule has 0 aromatic heterocycles. The van der Waals surface area contributed by atoms with Gasteiger partial charge in [-0.2, -0.15) is 13.2 Å². The molecule has 2 unspecified atom stereocenters. The van der Waals surface area contributed by atoms with E-state index < -0.39 is 30.3 Å². The largest absolute Gasteiger partial charge is 0.400 e. The van der Waals surface area contributed by atoms with E-state index in [2.05, 4.69) is 0 Å². The summed E-state index contributed by atoms with van der Waals surface area (Å²) >= 11 is 0. The summed E-state index contributed by atoms with van der Waals surface area (Å²) in [5, 5.41) is 0. The van der Waals surface area contributed by atoms with E-state index in [1.165, 1.54) is 11.8 Å². The van der Waals surface area contributed by atoms with Gasteiger partial charge < -0.3 is 9.69 Å². The van der Waals surface area contributed by atoms with Gasteiger partial charge in [-0.1, -0.05) is 33.6 Å². The minimum Gasteiger partial charge on any atom is -0.342 e. The van der Waals surface area contributed by atoms with Crippen LogP contribution >= 0.6 is 0 Å². The van der Waals surface area contributed by atoms with E-state index in [0.29, 0.717) is 32.2 Å². The number of aldehydes is 1. The van der Waals surface area contributed by atoms with Crippen molar-refractivity contribution >= 4 is 12.2 Å². The number of unbranched alkanes of at least 4 members (excludes halogenated alkanes) is 2. The van der Waals surface area contributed by atoms with Crippen molar-refractivity contribution in [2.24, 2.45) is 11.8 Å². The second kappa shape index (κ2) is 9.79. The standard InChI is InChI=1S/C15H26F3NO2/c1-4-6-8-19(9-7-5-2)14(21)13(15(16,17)18)10-12(3)11-20/h11-13H,4-10H2,1-3H3. The first-order chi connectivity index (χ1) is 9.77. The maximum atomic E-state index is 13.1. The molecule has 0 aliphatic rings. The van der Waals surface area contributed by atoms with E-state index in [9.17, 15) is 22.8 Å². The van der Waals surface area contributed by atoms with E-state index in [0.717, 1.165) is 12.8 Å². The number of alkyl halides is 3. The summed E-state index contributed by atoms with van der Waals surface area (Å²) in [7, 11) is 0. The van der Waals surface area contributed by atoms with Gasteiger partial charge in [0, 0.05) is 19.0 Å².